The number of aromatic amines is 1. The van der Waals surface area contributed by atoms with Crippen LogP contribution in [0.1, 0.15) is 35.5 Å². The molecule has 1 aliphatic heterocycles. The molecule has 0 aliphatic carbocycles. The molecule has 156 valence electrons. The van der Waals surface area contributed by atoms with Crippen molar-refractivity contribution in [2.24, 2.45) is 5.92 Å². The second-order valence-electron chi connectivity index (χ2n) is 7.96. The van der Waals surface area contributed by atoms with E-state index >= 15 is 0 Å². The Labute approximate surface area is 185 Å². The molecule has 1 unspecified atom stereocenters. The van der Waals surface area contributed by atoms with Crippen molar-refractivity contribution in [3.8, 4) is 0 Å². The number of carbonyl (C=O) groups is 2. The molecule has 1 atom stereocenters. The van der Waals surface area contributed by atoms with Crippen LogP contribution < -0.4 is 5.32 Å². The molecule has 2 aromatic carbocycles. The molecule has 3 aromatic rings. The van der Waals surface area contributed by atoms with E-state index in [4.69, 9.17) is 23.2 Å². The Hall–Kier alpha value is -2.50. The van der Waals surface area contributed by atoms with Crippen molar-refractivity contribution in [3.05, 3.63) is 69.3 Å². The molecule has 2 N–H and O–H groups in total. The summed E-state index contributed by atoms with van der Waals surface area (Å²) in [5.74, 6) is -0.537. The third-order valence-corrected chi connectivity index (χ3v) is 6.14. The number of nitrogens with one attached hydrogen (secondary N) is 2. The number of H-pyrrole nitrogens is 1. The van der Waals surface area contributed by atoms with Gasteiger partial charge in [0.2, 0.25) is 5.91 Å². The summed E-state index contributed by atoms with van der Waals surface area (Å²) in [4.78, 5) is 31.4. The van der Waals surface area contributed by atoms with Crippen LogP contribution in [-0.2, 0) is 17.8 Å². The largest absolute Gasteiger partial charge is 0.358 e. The Morgan fingerprint density at radius 2 is 1.90 bits per heavy atom. The van der Waals surface area contributed by atoms with E-state index < -0.39 is 6.04 Å². The van der Waals surface area contributed by atoms with Crippen LogP contribution in [0.15, 0.2) is 42.5 Å². The van der Waals surface area contributed by atoms with Crippen LogP contribution in [-0.4, -0.2) is 34.3 Å². The van der Waals surface area contributed by atoms with Gasteiger partial charge in [-0.15, -0.1) is 0 Å². The first kappa shape index (κ1) is 20.8. The Morgan fingerprint density at radius 1 is 1.13 bits per heavy atom. The highest BCUT2D eigenvalue weighted by Gasteiger charge is 2.32. The Balaban J connectivity index is 1.54. The minimum absolute atomic E-state index is 0.0723. The number of hydrogen-bond acceptors (Lipinski definition) is 2. The number of amides is 2. The SMILES string of the molecule is CC(C)C(NC(=O)c1ccc(Cl)cc1Cl)C(=O)N1CCc2[nH]c3ccccc3c2C1. The van der Waals surface area contributed by atoms with E-state index in [9.17, 15) is 9.59 Å². The first-order valence-corrected chi connectivity index (χ1v) is 10.7. The Morgan fingerprint density at radius 3 is 2.63 bits per heavy atom. The lowest BCUT2D eigenvalue weighted by atomic mass is 9.99. The fraction of sp³-hybridized carbons (Fsp3) is 0.304. The molecule has 0 bridgehead atoms. The van der Waals surface area contributed by atoms with Crippen molar-refractivity contribution in [1.82, 2.24) is 15.2 Å². The second-order valence-corrected chi connectivity index (χ2v) is 8.80. The molecule has 4 rings (SSSR count). The number of para-hydroxylation sites is 1. The molecule has 0 fully saturated rings. The molecule has 0 saturated heterocycles. The standard InChI is InChI=1S/C23H23Cl2N3O2/c1-13(2)21(27-22(29)16-8-7-14(24)11-18(16)25)23(30)28-10-9-20-17(12-28)15-5-3-4-6-19(15)26-20/h3-8,11,13,21,26H,9-10,12H2,1-2H3,(H,27,29). The van der Waals surface area contributed by atoms with E-state index in [1.54, 1.807) is 12.1 Å². The van der Waals surface area contributed by atoms with Crippen molar-refractivity contribution in [3.63, 3.8) is 0 Å². The molecular formula is C23H23Cl2N3O2. The molecule has 2 amide bonds. The van der Waals surface area contributed by atoms with Gasteiger partial charge in [0.1, 0.15) is 6.04 Å². The van der Waals surface area contributed by atoms with Gasteiger partial charge < -0.3 is 15.2 Å². The monoisotopic (exact) mass is 443 g/mol. The maximum absolute atomic E-state index is 13.4. The lowest BCUT2D eigenvalue weighted by molar-refractivity contribution is -0.135. The summed E-state index contributed by atoms with van der Waals surface area (Å²) in [5.41, 5.74) is 3.72. The van der Waals surface area contributed by atoms with Gasteiger partial charge in [-0.3, -0.25) is 9.59 Å². The number of rotatable bonds is 4. The van der Waals surface area contributed by atoms with Crippen LogP contribution in [0.4, 0.5) is 0 Å². The smallest absolute Gasteiger partial charge is 0.253 e. The zero-order valence-corrected chi connectivity index (χ0v) is 18.3. The number of benzene rings is 2. The number of aromatic nitrogens is 1. The molecular weight excluding hydrogens is 421 g/mol. The highest BCUT2D eigenvalue weighted by atomic mass is 35.5. The summed E-state index contributed by atoms with van der Waals surface area (Å²) in [6.07, 6.45) is 0.761. The van der Waals surface area contributed by atoms with E-state index in [1.807, 2.05) is 36.9 Å². The van der Waals surface area contributed by atoms with E-state index in [-0.39, 0.29) is 22.8 Å². The quantitative estimate of drug-likeness (QED) is 0.607. The third-order valence-electron chi connectivity index (χ3n) is 5.59. The molecule has 30 heavy (non-hydrogen) atoms. The number of carbonyl (C=O) groups excluding carboxylic acids is 2. The number of halogens is 2. The maximum Gasteiger partial charge on any atom is 0.253 e. The molecule has 7 heteroatoms. The number of fused-ring (bicyclic) bond motifs is 3. The van der Waals surface area contributed by atoms with Crippen molar-refractivity contribution in [2.45, 2.75) is 32.9 Å². The summed E-state index contributed by atoms with van der Waals surface area (Å²) >= 11 is 12.1. The van der Waals surface area contributed by atoms with E-state index in [0.29, 0.717) is 23.7 Å². The van der Waals surface area contributed by atoms with E-state index in [2.05, 4.69) is 16.4 Å². The average Bonchev–Trinajstić information content (AvgIpc) is 3.09. The van der Waals surface area contributed by atoms with Gasteiger partial charge in [0, 0.05) is 46.7 Å². The van der Waals surface area contributed by atoms with Crippen LogP contribution in [0.25, 0.3) is 10.9 Å². The minimum atomic E-state index is -0.643. The van der Waals surface area contributed by atoms with Crippen LogP contribution in [0.5, 0.6) is 0 Å². The van der Waals surface area contributed by atoms with Crippen molar-refractivity contribution < 1.29 is 9.59 Å². The Bertz CT molecular complexity index is 1120. The zero-order chi connectivity index (χ0) is 21.4. The fourth-order valence-electron chi connectivity index (χ4n) is 3.96. The maximum atomic E-state index is 13.4. The van der Waals surface area contributed by atoms with Crippen LogP contribution in [0.2, 0.25) is 10.0 Å². The number of nitrogens with zero attached hydrogens (tertiary/aromatic N) is 1. The van der Waals surface area contributed by atoms with Crippen molar-refractivity contribution in [1.29, 1.82) is 0 Å². The lowest BCUT2D eigenvalue weighted by Gasteiger charge is -2.32. The lowest BCUT2D eigenvalue weighted by Crippen LogP contribution is -2.52. The molecule has 1 aliphatic rings. The van der Waals surface area contributed by atoms with Crippen molar-refractivity contribution in [2.75, 3.05) is 6.54 Å². The fourth-order valence-corrected chi connectivity index (χ4v) is 4.45. The van der Waals surface area contributed by atoms with Gasteiger partial charge in [0.15, 0.2) is 0 Å². The summed E-state index contributed by atoms with van der Waals surface area (Å²) < 4.78 is 0. The number of hydrogen-bond donors (Lipinski definition) is 2. The molecule has 0 spiro atoms. The second kappa shape index (κ2) is 8.32. The molecule has 0 saturated carbocycles. The zero-order valence-electron chi connectivity index (χ0n) is 16.8. The topological polar surface area (TPSA) is 65.2 Å². The predicted molar refractivity (Wildman–Crippen MR) is 120 cm³/mol. The summed E-state index contributed by atoms with van der Waals surface area (Å²) in [6.45, 7) is 4.99. The third kappa shape index (κ3) is 3.92. The molecule has 1 aromatic heterocycles. The van der Waals surface area contributed by atoms with Crippen molar-refractivity contribution >= 4 is 45.9 Å². The van der Waals surface area contributed by atoms with Gasteiger partial charge in [-0.1, -0.05) is 55.2 Å². The predicted octanol–water partition coefficient (Wildman–Crippen LogP) is 4.81. The summed E-state index contributed by atoms with van der Waals surface area (Å²) in [7, 11) is 0. The van der Waals surface area contributed by atoms with Crippen LogP contribution in [0.3, 0.4) is 0 Å². The first-order valence-electron chi connectivity index (χ1n) is 9.98. The molecule has 2 heterocycles. The average molecular weight is 444 g/mol. The molecule has 0 radical (unpaired) electrons. The van der Waals surface area contributed by atoms with Crippen LogP contribution >= 0.6 is 23.2 Å². The first-order chi connectivity index (χ1) is 14.3. The van der Waals surface area contributed by atoms with Gasteiger partial charge in [-0.2, -0.15) is 0 Å². The summed E-state index contributed by atoms with van der Waals surface area (Å²) in [6, 6.07) is 12.2. The highest BCUT2D eigenvalue weighted by Crippen LogP contribution is 2.28. The van der Waals surface area contributed by atoms with Crippen LogP contribution in [0, 0.1) is 5.92 Å². The van der Waals surface area contributed by atoms with Gasteiger partial charge in [-0.25, -0.2) is 0 Å². The Kier molecular flexibility index (Phi) is 5.76. The van der Waals surface area contributed by atoms with Gasteiger partial charge >= 0.3 is 0 Å². The van der Waals surface area contributed by atoms with Gasteiger partial charge in [-0.05, 0) is 30.2 Å². The molecule has 5 nitrogen and oxygen atoms in total. The normalized spacial score (nSPS) is 14.6. The summed E-state index contributed by atoms with van der Waals surface area (Å²) in [5, 5.41) is 4.74. The van der Waals surface area contributed by atoms with Gasteiger partial charge in [0.25, 0.3) is 5.91 Å². The minimum Gasteiger partial charge on any atom is -0.358 e. The van der Waals surface area contributed by atoms with E-state index in [0.717, 1.165) is 22.9 Å². The van der Waals surface area contributed by atoms with E-state index in [1.165, 1.54) is 11.8 Å². The van der Waals surface area contributed by atoms with Gasteiger partial charge in [0.05, 0.1) is 10.6 Å². The highest BCUT2D eigenvalue weighted by molar-refractivity contribution is 6.36.